The van der Waals surface area contributed by atoms with Crippen molar-refractivity contribution in [2.45, 2.75) is 6.43 Å². The van der Waals surface area contributed by atoms with Gasteiger partial charge in [-0.2, -0.15) is 0 Å². The fraction of sp³-hybridized carbons (Fsp3) is 0.167. The molecule has 0 fully saturated rings. The van der Waals surface area contributed by atoms with Gasteiger partial charge in [-0.1, -0.05) is 0 Å². The highest BCUT2D eigenvalue weighted by Crippen LogP contribution is 2.25. The van der Waals surface area contributed by atoms with Crippen LogP contribution in [0.5, 0.6) is 0 Å². The normalized spacial score (nSPS) is 10.8. The summed E-state index contributed by atoms with van der Waals surface area (Å²) in [6.45, 7) is 0. The summed E-state index contributed by atoms with van der Waals surface area (Å²) in [5, 5.41) is 0. The number of aromatic nitrogens is 1. The van der Waals surface area contributed by atoms with Gasteiger partial charge in [0.25, 0.3) is 6.43 Å². The maximum atomic E-state index is 12.7. The van der Waals surface area contributed by atoms with Gasteiger partial charge in [0.1, 0.15) is 7.40 Å². The van der Waals surface area contributed by atoms with Crippen molar-refractivity contribution in [3.05, 3.63) is 24.8 Å². The zero-order chi connectivity index (χ0) is 9.30. The van der Waals surface area contributed by atoms with E-state index in [9.17, 15) is 13.2 Å². The molecule has 0 unspecified atom stereocenters. The highest BCUT2D eigenvalue weighted by molar-refractivity contribution is 14.1. The van der Waals surface area contributed by atoms with Crippen molar-refractivity contribution in [1.29, 1.82) is 0 Å². The lowest BCUT2D eigenvalue weighted by Crippen LogP contribution is -1.98. The van der Waals surface area contributed by atoms with Crippen LogP contribution in [0.1, 0.15) is 12.0 Å². The number of pyridine rings is 1. The summed E-state index contributed by atoms with van der Waals surface area (Å²) in [5.41, 5.74) is -0.353. The van der Waals surface area contributed by atoms with Crippen LogP contribution in [0.4, 0.5) is 13.2 Å². The second-order valence-electron chi connectivity index (χ2n) is 1.94. The van der Waals surface area contributed by atoms with Crippen LogP contribution in [0.2, 0.25) is 0 Å². The lowest BCUT2D eigenvalue weighted by molar-refractivity contribution is 0.149. The van der Waals surface area contributed by atoms with Crippen molar-refractivity contribution in [2.24, 2.45) is 0 Å². The first kappa shape index (κ1) is 10.5. The molecule has 0 saturated carbocycles. The molecule has 1 rings (SSSR count). The molecular weight excluding hydrogens is 397 g/mol. The van der Waals surface area contributed by atoms with E-state index in [4.69, 9.17) is 0 Å². The molecule has 6 heteroatoms. The molecule has 0 aliphatic heterocycles. The fourth-order valence-corrected chi connectivity index (χ4v) is 2.10. The standard InChI is InChI=1S/C6H2F3I2N/c7-3-1-2(4(8)9)5(10)12-6(3)11/h1,4H. The molecule has 1 nitrogen and oxygen atoms in total. The van der Waals surface area contributed by atoms with Gasteiger partial charge in [-0.25, -0.2) is 18.2 Å². The van der Waals surface area contributed by atoms with Crippen molar-refractivity contribution < 1.29 is 13.2 Å². The van der Waals surface area contributed by atoms with Crippen LogP contribution in [-0.2, 0) is 0 Å². The SMILES string of the molecule is Fc1cc(C(F)F)c(I)nc1I. The van der Waals surface area contributed by atoms with Crippen LogP contribution >= 0.6 is 45.2 Å². The number of rotatable bonds is 1. The molecule has 0 aliphatic rings. The van der Waals surface area contributed by atoms with Gasteiger partial charge < -0.3 is 0 Å². The van der Waals surface area contributed by atoms with Crippen LogP contribution in [-0.4, -0.2) is 4.98 Å². The summed E-state index contributed by atoms with van der Waals surface area (Å²) in [4.78, 5) is 3.61. The van der Waals surface area contributed by atoms with Crippen molar-refractivity contribution in [3.63, 3.8) is 0 Å². The second-order valence-corrected chi connectivity index (χ2v) is 3.99. The average Bonchev–Trinajstić information content (AvgIpc) is 1.96. The van der Waals surface area contributed by atoms with Gasteiger partial charge in [0.15, 0.2) is 5.82 Å². The number of hydrogen-bond donors (Lipinski definition) is 0. The summed E-state index contributed by atoms with van der Waals surface area (Å²) < 4.78 is 37.2. The molecule has 1 aromatic heterocycles. The predicted octanol–water partition coefficient (Wildman–Crippen LogP) is 3.37. The van der Waals surface area contributed by atoms with Gasteiger partial charge in [0.05, 0.1) is 5.56 Å². The van der Waals surface area contributed by atoms with Gasteiger partial charge in [-0.05, 0) is 51.2 Å². The summed E-state index contributed by atoms with van der Waals surface area (Å²) in [6.07, 6.45) is -2.67. The number of alkyl halides is 2. The highest BCUT2D eigenvalue weighted by atomic mass is 127. The Bertz CT molecular complexity index is 303. The Balaban J connectivity index is 3.23. The highest BCUT2D eigenvalue weighted by Gasteiger charge is 2.15. The third kappa shape index (κ3) is 2.21. The Morgan fingerprint density at radius 2 is 1.83 bits per heavy atom. The molecule has 1 aromatic rings. The Kier molecular flexibility index (Phi) is 3.56. The van der Waals surface area contributed by atoms with E-state index in [0.717, 1.165) is 6.07 Å². The maximum absolute atomic E-state index is 12.7. The third-order valence-corrected chi connectivity index (χ3v) is 2.77. The molecule has 0 spiro atoms. The minimum atomic E-state index is -2.67. The molecule has 0 bridgehead atoms. The smallest absolute Gasteiger partial charge is 0.232 e. The van der Waals surface area contributed by atoms with E-state index in [1.54, 1.807) is 45.2 Å². The van der Waals surface area contributed by atoms with E-state index in [2.05, 4.69) is 4.98 Å². The lowest BCUT2D eigenvalue weighted by Gasteiger charge is -2.02. The molecule has 12 heavy (non-hydrogen) atoms. The molecule has 0 radical (unpaired) electrons. The van der Waals surface area contributed by atoms with E-state index in [1.807, 2.05) is 0 Å². The van der Waals surface area contributed by atoms with Crippen molar-refractivity contribution >= 4 is 45.2 Å². The quantitative estimate of drug-likeness (QED) is 0.522. The van der Waals surface area contributed by atoms with Gasteiger partial charge in [-0.3, -0.25) is 0 Å². The first-order valence-corrected chi connectivity index (χ1v) is 4.97. The molecule has 0 amide bonds. The predicted molar refractivity (Wildman–Crippen MR) is 54.6 cm³/mol. The van der Waals surface area contributed by atoms with E-state index in [0.29, 0.717) is 0 Å². The fourth-order valence-electron chi connectivity index (χ4n) is 0.613. The van der Waals surface area contributed by atoms with Gasteiger partial charge in [-0.15, -0.1) is 0 Å². The number of halogens is 5. The Hall–Kier alpha value is 0.400. The average molecular weight is 399 g/mol. The maximum Gasteiger partial charge on any atom is 0.266 e. The Morgan fingerprint density at radius 3 is 2.33 bits per heavy atom. The number of nitrogens with zero attached hydrogens (tertiary/aromatic N) is 1. The van der Waals surface area contributed by atoms with E-state index >= 15 is 0 Å². The zero-order valence-electron chi connectivity index (χ0n) is 5.49. The molecular formula is C6H2F3I2N. The lowest BCUT2D eigenvalue weighted by atomic mass is 10.3. The molecule has 0 N–H and O–H groups in total. The van der Waals surface area contributed by atoms with Gasteiger partial charge in [0.2, 0.25) is 0 Å². The largest absolute Gasteiger partial charge is 0.266 e. The molecule has 0 aliphatic carbocycles. The second kappa shape index (κ2) is 4.07. The van der Waals surface area contributed by atoms with E-state index in [1.165, 1.54) is 0 Å². The third-order valence-electron chi connectivity index (χ3n) is 1.15. The Labute approximate surface area is 94.0 Å². The van der Waals surface area contributed by atoms with Crippen LogP contribution in [0.3, 0.4) is 0 Å². The molecule has 0 saturated heterocycles. The van der Waals surface area contributed by atoms with Crippen molar-refractivity contribution in [1.82, 2.24) is 4.98 Å². The minimum absolute atomic E-state index is 0.112. The van der Waals surface area contributed by atoms with Crippen molar-refractivity contribution in [2.75, 3.05) is 0 Å². The zero-order valence-corrected chi connectivity index (χ0v) is 9.81. The van der Waals surface area contributed by atoms with Crippen LogP contribution in [0, 0.1) is 13.2 Å². The minimum Gasteiger partial charge on any atom is -0.232 e. The first-order valence-electron chi connectivity index (χ1n) is 2.82. The first-order chi connectivity index (χ1) is 5.52. The van der Waals surface area contributed by atoms with E-state index < -0.39 is 12.2 Å². The topological polar surface area (TPSA) is 12.9 Å². The molecule has 0 aromatic carbocycles. The summed E-state index contributed by atoms with van der Waals surface area (Å²) in [7, 11) is 0. The molecule has 1 heterocycles. The monoisotopic (exact) mass is 399 g/mol. The van der Waals surface area contributed by atoms with Gasteiger partial charge in [0, 0.05) is 0 Å². The summed E-state index contributed by atoms with van der Waals surface area (Å²) >= 11 is 3.31. The van der Waals surface area contributed by atoms with Crippen LogP contribution < -0.4 is 0 Å². The van der Waals surface area contributed by atoms with E-state index in [-0.39, 0.29) is 13.0 Å². The van der Waals surface area contributed by atoms with Gasteiger partial charge >= 0.3 is 0 Å². The molecule has 0 atom stereocenters. The van der Waals surface area contributed by atoms with Crippen LogP contribution in [0.25, 0.3) is 0 Å². The Morgan fingerprint density at radius 1 is 1.25 bits per heavy atom. The number of hydrogen-bond acceptors (Lipinski definition) is 1. The summed E-state index contributed by atoms with van der Waals surface area (Å²) in [5.74, 6) is -0.702. The van der Waals surface area contributed by atoms with Crippen LogP contribution in [0.15, 0.2) is 6.07 Å². The summed E-state index contributed by atoms with van der Waals surface area (Å²) in [6, 6.07) is 0.821. The molecule has 66 valence electrons. The van der Waals surface area contributed by atoms with Crippen molar-refractivity contribution in [3.8, 4) is 0 Å².